The Balaban J connectivity index is 1.48. The molecule has 35 heavy (non-hydrogen) atoms. The molecule has 7 nitrogen and oxygen atoms in total. The van der Waals surface area contributed by atoms with Gasteiger partial charge < -0.3 is 14.6 Å². The highest BCUT2D eigenvalue weighted by molar-refractivity contribution is 6.30. The minimum Gasteiger partial charge on any atom is -0.496 e. The molecule has 0 aliphatic carbocycles. The lowest BCUT2D eigenvalue weighted by Gasteiger charge is -2.11. The summed E-state index contributed by atoms with van der Waals surface area (Å²) in [4.78, 5) is 26.2. The molecular weight excluding hydrogens is 464 g/mol. The van der Waals surface area contributed by atoms with E-state index >= 15 is 0 Å². The Kier molecular flexibility index (Phi) is 6.25. The quantitative estimate of drug-likeness (QED) is 0.370. The molecule has 8 heteroatoms. The standard InChI is InChI=1S/C27H23ClN4O3/c1-35-24-12-5-2-8-19(24)14-29-25(33)17-32-27(34)26-22(15-30-32)21-10-3-4-11-23(21)31(26)16-18-7-6-9-20(28)13-18/h2-13,15H,14,16-17H2,1H3,(H,29,33). The first kappa shape index (κ1) is 22.7. The van der Waals surface area contributed by atoms with Gasteiger partial charge in [0.2, 0.25) is 5.91 Å². The molecule has 0 saturated heterocycles. The number of hydrogen-bond acceptors (Lipinski definition) is 4. The minimum atomic E-state index is -0.326. The zero-order chi connectivity index (χ0) is 24.4. The van der Waals surface area contributed by atoms with E-state index in [1.807, 2.05) is 77.4 Å². The van der Waals surface area contributed by atoms with Gasteiger partial charge in [0.05, 0.1) is 13.3 Å². The largest absolute Gasteiger partial charge is 0.496 e. The monoisotopic (exact) mass is 486 g/mol. The maximum Gasteiger partial charge on any atom is 0.291 e. The highest BCUT2D eigenvalue weighted by Crippen LogP contribution is 2.27. The molecule has 0 aliphatic heterocycles. The van der Waals surface area contributed by atoms with Gasteiger partial charge in [-0.25, -0.2) is 4.68 Å². The fraction of sp³-hybridized carbons (Fsp3) is 0.148. The summed E-state index contributed by atoms with van der Waals surface area (Å²) in [6.45, 7) is 0.557. The molecule has 0 saturated carbocycles. The Morgan fingerprint density at radius 3 is 2.66 bits per heavy atom. The van der Waals surface area contributed by atoms with Crippen LogP contribution in [0.2, 0.25) is 5.02 Å². The molecule has 1 N–H and O–H groups in total. The van der Waals surface area contributed by atoms with Crippen molar-refractivity contribution in [2.45, 2.75) is 19.6 Å². The summed E-state index contributed by atoms with van der Waals surface area (Å²) in [5.74, 6) is 0.373. The summed E-state index contributed by atoms with van der Waals surface area (Å²) in [6.07, 6.45) is 1.65. The van der Waals surface area contributed by atoms with Crippen molar-refractivity contribution in [1.29, 1.82) is 0 Å². The molecular formula is C27H23ClN4O3. The number of halogens is 1. The summed E-state index contributed by atoms with van der Waals surface area (Å²) < 4.78 is 8.50. The van der Waals surface area contributed by atoms with Crippen LogP contribution < -0.4 is 15.6 Å². The predicted octanol–water partition coefficient (Wildman–Crippen LogP) is 4.38. The van der Waals surface area contributed by atoms with E-state index in [2.05, 4.69) is 10.4 Å². The number of carbonyl (C=O) groups is 1. The third kappa shape index (κ3) is 4.50. The number of ether oxygens (including phenoxy) is 1. The number of carbonyl (C=O) groups excluding carboxylic acids is 1. The number of para-hydroxylation sites is 2. The molecule has 3 aromatic carbocycles. The molecule has 0 spiro atoms. The number of aromatic nitrogens is 3. The lowest BCUT2D eigenvalue weighted by atomic mass is 10.2. The van der Waals surface area contributed by atoms with Gasteiger partial charge in [0.15, 0.2) is 0 Å². The number of hydrogen-bond donors (Lipinski definition) is 1. The van der Waals surface area contributed by atoms with Gasteiger partial charge in [0, 0.05) is 40.0 Å². The van der Waals surface area contributed by atoms with Gasteiger partial charge >= 0.3 is 0 Å². The number of benzene rings is 3. The van der Waals surface area contributed by atoms with Crippen molar-refractivity contribution < 1.29 is 9.53 Å². The van der Waals surface area contributed by atoms with E-state index < -0.39 is 0 Å². The van der Waals surface area contributed by atoms with E-state index in [0.29, 0.717) is 22.8 Å². The average molecular weight is 487 g/mol. The van der Waals surface area contributed by atoms with Gasteiger partial charge in [-0.15, -0.1) is 0 Å². The number of nitrogens with one attached hydrogen (secondary N) is 1. The van der Waals surface area contributed by atoms with Crippen LogP contribution in [-0.4, -0.2) is 27.4 Å². The van der Waals surface area contributed by atoms with Crippen LogP contribution >= 0.6 is 11.6 Å². The zero-order valence-electron chi connectivity index (χ0n) is 19.1. The Hall–Kier alpha value is -4.10. The van der Waals surface area contributed by atoms with E-state index in [1.54, 1.807) is 13.3 Å². The number of fused-ring (bicyclic) bond motifs is 3. The van der Waals surface area contributed by atoms with Crippen LogP contribution in [0.4, 0.5) is 0 Å². The maximum absolute atomic E-state index is 13.5. The van der Waals surface area contributed by atoms with Crippen LogP contribution in [-0.2, 0) is 24.4 Å². The van der Waals surface area contributed by atoms with Crippen molar-refractivity contribution in [2.75, 3.05) is 7.11 Å². The first-order valence-electron chi connectivity index (χ1n) is 11.2. The third-order valence-electron chi connectivity index (χ3n) is 5.96. The molecule has 2 heterocycles. The molecule has 0 atom stereocenters. The van der Waals surface area contributed by atoms with Crippen molar-refractivity contribution in [1.82, 2.24) is 19.7 Å². The maximum atomic E-state index is 13.5. The second kappa shape index (κ2) is 9.64. The van der Waals surface area contributed by atoms with Gasteiger partial charge in [-0.3, -0.25) is 9.59 Å². The second-order valence-corrected chi connectivity index (χ2v) is 8.63. The zero-order valence-corrected chi connectivity index (χ0v) is 19.8. The van der Waals surface area contributed by atoms with E-state index in [0.717, 1.165) is 27.4 Å². The summed E-state index contributed by atoms with van der Waals surface area (Å²) in [5, 5.41) is 9.46. The fourth-order valence-electron chi connectivity index (χ4n) is 4.32. The fourth-order valence-corrected chi connectivity index (χ4v) is 4.54. The summed E-state index contributed by atoms with van der Waals surface area (Å²) in [6, 6.07) is 22.8. The van der Waals surface area contributed by atoms with E-state index in [4.69, 9.17) is 16.3 Å². The van der Waals surface area contributed by atoms with Crippen LogP contribution in [0.5, 0.6) is 5.75 Å². The SMILES string of the molecule is COc1ccccc1CNC(=O)Cn1ncc2c3ccccc3n(Cc3cccc(Cl)c3)c2c1=O. The van der Waals surface area contributed by atoms with Crippen molar-refractivity contribution >= 4 is 39.3 Å². The first-order chi connectivity index (χ1) is 17.0. The van der Waals surface area contributed by atoms with Crippen LogP contribution in [0.15, 0.2) is 83.8 Å². The smallest absolute Gasteiger partial charge is 0.291 e. The molecule has 0 aliphatic rings. The third-order valence-corrected chi connectivity index (χ3v) is 6.20. The number of nitrogens with zero attached hydrogens (tertiary/aromatic N) is 3. The molecule has 0 bridgehead atoms. The second-order valence-electron chi connectivity index (χ2n) is 8.19. The number of methoxy groups -OCH3 is 1. The highest BCUT2D eigenvalue weighted by atomic mass is 35.5. The lowest BCUT2D eigenvalue weighted by molar-refractivity contribution is -0.122. The van der Waals surface area contributed by atoms with Crippen molar-refractivity contribution in [3.63, 3.8) is 0 Å². The molecule has 1 amide bonds. The average Bonchev–Trinajstić information content (AvgIpc) is 3.19. The molecule has 0 fully saturated rings. The predicted molar refractivity (Wildman–Crippen MR) is 137 cm³/mol. The number of rotatable bonds is 7. The van der Waals surface area contributed by atoms with Gasteiger partial charge in [-0.05, 0) is 29.8 Å². The topological polar surface area (TPSA) is 78.2 Å². The molecule has 176 valence electrons. The van der Waals surface area contributed by atoms with E-state index in [1.165, 1.54) is 4.68 Å². The number of amides is 1. The van der Waals surface area contributed by atoms with Gasteiger partial charge in [0.1, 0.15) is 17.8 Å². The van der Waals surface area contributed by atoms with E-state index in [9.17, 15) is 9.59 Å². The Bertz CT molecular complexity index is 1610. The summed E-state index contributed by atoms with van der Waals surface area (Å²) in [7, 11) is 1.59. The Morgan fingerprint density at radius 2 is 1.83 bits per heavy atom. The molecule has 0 radical (unpaired) electrons. The summed E-state index contributed by atoms with van der Waals surface area (Å²) >= 11 is 6.19. The first-order valence-corrected chi connectivity index (χ1v) is 11.5. The van der Waals surface area contributed by atoms with Crippen molar-refractivity contribution in [3.8, 4) is 5.75 Å². The van der Waals surface area contributed by atoms with Gasteiger partial charge in [0.25, 0.3) is 5.56 Å². The van der Waals surface area contributed by atoms with Crippen LogP contribution in [0.3, 0.4) is 0 Å². The van der Waals surface area contributed by atoms with Crippen molar-refractivity contribution in [3.05, 3.63) is 105 Å². The molecule has 2 aromatic heterocycles. The summed E-state index contributed by atoms with van der Waals surface area (Å²) in [5.41, 5.74) is 2.91. The molecule has 5 aromatic rings. The van der Waals surface area contributed by atoms with Crippen LogP contribution in [0.25, 0.3) is 21.8 Å². The highest BCUT2D eigenvalue weighted by Gasteiger charge is 2.17. The Morgan fingerprint density at radius 1 is 1.03 bits per heavy atom. The molecule has 0 unspecified atom stereocenters. The Labute approximate surface area is 206 Å². The molecule has 5 rings (SSSR count). The van der Waals surface area contributed by atoms with Crippen LogP contribution in [0, 0.1) is 0 Å². The lowest BCUT2D eigenvalue weighted by Crippen LogP contribution is -2.34. The van der Waals surface area contributed by atoms with E-state index in [-0.39, 0.29) is 24.6 Å². The van der Waals surface area contributed by atoms with Crippen molar-refractivity contribution in [2.24, 2.45) is 0 Å². The minimum absolute atomic E-state index is 0.192. The normalized spacial score (nSPS) is 11.1. The van der Waals surface area contributed by atoms with Crippen LogP contribution in [0.1, 0.15) is 11.1 Å². The van der Waals surface area contributed by atoms with Gasteiger partial charge in [-0.1, -0.05) is 60.1 Å². The van der Waals surface area contributed by atoms with Gasteiger partial charge in [-0.2, -0.15) is 5.10 Å².